The topological polar surface area (TPSA) is 41.6 Å². The Bertz CT molecular complexity index is 2860. The van der Waals surface area contributed by atoms with Crippen LogP contribution >= 0.6 is 0 Å². The number of para-hydroxylation sites is 2. The number of hydrogen-bond acceptors (Lipinski definition) is 2. The van der Waals surface area contributed by atoms with Crippen LogP contribution in [-0.2, 0) is 12.5 Å². The van der Waals surface area contributed by atoms with E-state index in [0.29, 0.717) is 5.56 Å². The van der Waals surface area contributed by atoms with E-state index in [9.17, 15) is 5.26 Å². The van der Waals surface area contributed by atoms with Gasteiger partial charge < -0.3 is 4.57 Å². The van der Waals surface area contributed by atoms with Crippen molar-refractivity contribution in [1.29, 1.82) is 5.26 Å². The highest BCUT2D eigenvalue weighted by Crippen LogP contribution is 2.58. The average Bonchev–Trinajstić information content (AvgIpc) is 3.76. The second kappa shape index (κ2) is 13.0. The van der Waals surface area contributed by atoms with Crippen molar-refractivity contribution in [2.24, 2.45) is 7.05 Å². The molecule has 258 valence electrons. The first-order valence-electron chi connectivity index (χ1n) is 18.7. The van der Waals surface area contributed by atoms with Gasteiger partial charge in [0.1, 0.15) is 5.82 Å². The number of fused-ring (bicyclic) bond motifs is 4. The summed E-state index contributed by atoms with van der Waals surface area (Å²) < 4.78 is 2.17. The summed E-state index contributed by atoms with van der Waals surface area (Å²) in [6.45, 7) is 0. The van der Waals surface area contributed by atoms with Gasteiger partial charge in [0.05, 0.1) is 28.1 Å². The lowest BCUT2D eigenvalue weighted by molar-refractivity contribution is 0.769. The Morgan fingerprint density at radius 2 is 0.964 bits per heavy atom. The van der Waals surface area contributed by atoms with Gasteiger partial charge in [0.15, 0.2) is 0 Å². The third-order valence-corrected chi connectivity index (χ3v) is 11.4. The number of benzene rings is 8. The van der Waals surface area contributed by atoms with E-state index in [1.807, 2.05) is 30.3 Å². The zero-order valence-electron chi connectivity index (χ0n) is 30.3. The number of rotatable bonds is 6. The molecule has 0 saturated carbocycles. The fourth-order valence-corrected chi connectivity index (χ4v) is 8.75. The number of nitrogens with zero attached hydrogens (tertiary/aromatic N) is 3. The third kappa shape index (κ3) is 5.15. The molecule has 55 heavy (non-hydrogen) atoms. The number of aromatic nitrogens is 2. The van der Waals surface area contributed by atoms with Gasteiger partial charge in [0.25, 0.3) is 0 Å². The molecule has 0 aliphatic heterocycles. The molecule has 3 heteroatoms. The Morgan fingerprint density at radius 3 is 1.58 bits per heavy atom. The van der Waals surface area contributed by atoms with Crippen LogP contribution in [0.2, 0.25) is 0 Å². The van der Waals surface area contributed by atoms with Crippen LogP contribution in [0, 0.1) is 11.3 Å². The average molecular weight is 702 g/mol. The first kappa shape index (κ1) is 32.4. The summed E-state index contributed by atoms with van der Waals surface area (Å²) in [6.07, 6.45) is 0. The van der Waals surface area contributed by atoms with Gasteiger partial charge in [-0.2, -0.15) is 5.26 Å². The van der Waals surface area contributed by atoms with Gasteiger partial charge in [0.2, 0.25) is 0 Å². The lowest BCUT2D eigenvalue weighted by Gasteiger charge is -2.34. The van der Waals surface area contributed by atoms with Crippen LogP contribution in [0.1, 0.15) is 27.8 Å². The van der Waals surface area contributed by atoms with Crippen molar-refractivity contribution in [2.45, 2.75) is 5.41 Å². The van der Waals surface area contributed by atoms with E-state index in [0.717, 1.165) is 44.7 Å². The van der Waals surface area contributed by atoms with E-state index in [1.165, 1.54) is 44.5 Å². The smallest absolute Gasteiger partial charge is 0.140 e. The monoisotopic (exact) mass is 701 g/mol. The fourth-order valence-electron chi connectivity index (χ4n) is 8.75. The van der Waals surface area contributed by atoms with Crippen molar-refractivity contribution >= 4 is 11.0 Å². The lowest BCUT2D eigenvalue weighted by Crippen LogP contribution is -2.28. The van der Waals surface area contributed by atoms with Gasteiger partial charge in [-0.1, -0.05) is 158 Å². The lowest BCUT2D eigenvalue weighted by atomic mass is 9.67. The van der Waals surface area contributed by atoms with Crippen LogP contribution in [0.4, 0.5) is 0 Å². The maximum atomic E-state index is 9.35. The second-order valence-corrected chi connectivity index (χ2v) is 14.3. The highest BCUT2D eigenvalue weighted by molar-refractivity contribution is 5.95. The van der Waals surface area contributed by atoms with Gasteiger partial charge in [0, 0.05) is 12.6 Å². The normalized spacial score (nSPS) is 12.6. The van der Waals surface area contributed by atoms with Crippen molar-refractivity contribution in [3.63, 3.8) is 0 Å². The summed E-state index contributed by atoms with van der Waals surface area (Å²) >= 11 is 0. The quantitative estimate of drug-likeness (QED) is 0.173. The highest BCUT2D eigenvalue weighted by Gasteiger charge is 2.46. The van der Waals surface area contributed by atoms with E-state index >= 15 is 0 Å². The molecule has 8 aromatic carbocycles. The minimum atomic E-state index is -0.506. The summed E-state index contributed by atoms with van der Waals surface area (Å²) in [4.78, 5) is 4.99. The summed E-state index contributed by atoms with van der Waals surface area (Å²) in [7, 11) is 2.09. The molecule has 0 fully saturated rings. The number of hydrogen-bond donors (Lipinski definition) is 0. The van der Waals surface area contributed by atoms with Crippen LogP contribution in [-0.4, -0.2) is 9.55 Å². The first-order chi connectivity index (χ1) is 27.1. The first-order valence-corrected chi connectivity index (χ1v) is 18.7. The standard InChI is InChI=1S/C52H35N3/c1-55-50-19-11-10-18-49(50)54-51(55)40-30-28-38(29-31-40)44-32-46-43-16-8-9-17-47(43)52(41-12-4-2-5-13-41,42-14-6-3-7-15-42)48(46)33-45(44)39-26-24-37(25-27-39)36-22-20-35(34-53)21-23-36/h2-33H,1H3. The molecule has 0 amide bonds. The summed E-state index contributed by atoms with van der Waals surface area (Å²) in [5.41, 5.74) is 17.7. The molecule has 9 aromatic rings. The maximum Gasteiger partial charge on any atom is 0.140 e. The second-order valence-electron chi connectivity index (χ2n) is 14.3. The maximum absolute atomic E-state index is 9.35. The molecule has 0 atom stereocenters. The van der Waals surface area contributed by atoms with Crippen LogP contribution < -0.4 is 0 Å². The highest BCUT2D eigenvalue weighted by atomic mass is 15.1. The fraction of sp³-hybridized carbons (Fsp3) is 0.0385. The van der Waals surface area contributed by atoms with Crippen molar-refractivity contribution in [2.75, 3.05) is 0 Å². The molecule has 1 aliphatic rings. The molecule has 0 unspecified atom stereocenters. The minimum absolute atomic E-state index is 0.506. The van der Waals surface area contributed by atoms with Crippen molar-refractivity contribution in [3.05, 3.63) is 222 Å². The van der Waals surface area contributed by atoms with E-state index in [4.69, 9.17) is 4.98 Å². The van der Waals surface area contributed by atoms with Gasteiger partial charge in [-0.15, -0.1) is 0 Å². The number of nitriles is 1. The Kier molecular flexibility index (Phi) is 7.64. The molecule has 3 nitrogen and oxygen atoms in total. The molecule has 0 N–H and O–H groups in total. The molecule has 0 saturated heterocycles. The molecule has 10 rings (SSSR count). The Labute approximate surface area is 321 Å². The molecule has 1 aromatic heterocycles. The van der Waals surface area contributed by atoms with E-state index in [1.54, 1.807) is 0 Å². The summed E-state index contributed by atoms with van der Waals surface area (Å²) in [5, 5.41) is 9.35. The van der Waals surface area contributed by atoms with Gasteiger partial charge >= 0.3 is 0 Å². The summed E-state index contributed by atoms with van der Waals surface area (Å²) in [6, 6.07) is 71.8. The van der Waals surface area contributed by atoms with Crippen LogP contribution in [0.15, 0.2) is 194 Å². The zero-order chi connectivity index (χ0) is 36.9. The Morgan fingerprint density at radius 1 is 0.455 bits per heavy atom. The van der Waals surface area contributed by atoms with Crippen LogP contribution in [0.25, 0.3) is 66.9 Å². The predicted octanol–water partition coefficient (Wildman–Crippen LogP) is 12.5. The van der Waals surface area contributed by atoms with Crippen LogP contribution in [0.3, 0.4) is 0 Å². The Balaban J connectivity index is 1.20. The third-order valence-electron chi connectivity index (χ3n) is 11.4. The molecule has 0 spiro atoms. The van der Waals surface area contributed by atoms with Crippen LogP contribution in [0.5, 0.6) is 0 Å². The van der Waals surface area contributed by atoms with Gasteiger partial charge in [-0.3, -0.25) is 0 Å². The minimum Gasteiger partial charge on any atom is -0.327 e. The van der Waals surface area contributed by atoms with E-state index in [-0.39, 0.29) is 0 Å². The van der Waals surface area contributed by atoms with Gasteiger partial charge in [-0.25, -0.2) is 4.98 Å². The zero-order valence-corrected chi connectivity index (χ0v) is 30.3. The predicted molar refractivity (Wildman–Crippen MR) is 224 cm³/mol. The molecule has 1 aliphatic carbocycles. The number of imidazole rings is 1. The van der Waals surface area contributed by atoms with Crippen molar-refractivity contribution < 1.29 is 0 Å². The molecular weight excluding hydrogens is 667 g/mol. The van der Waals surface area contributed by atoms with E-state index < -0.39 is 5.41 Å². The largest absolute Gasteiger partial charge is 0.327 e. The van der Waals surface area contributed by atoms with Crippen molar-refractivity contribution in [1.82, 2.24) is 9.55 Å². The molecular formula is C52H35N3. The molecule has 0 radical (unpaired) electrons. The van der Waals surface area contributed by atoms with E-state index in [2.05, 4.69) is 181 Å². The summed E-state index contributed by atoms with van der Waals surface area (Å²) in [5.74, 6) is 0.949. The number of aryl methyl sites for hydroxylation is 1. The van der Waals surface area contributed by atoms with Gasteiger partial charge in [-0.05, 0) is 103 Å². The molecule has 1 heterocycles. The van der Waals surface area contributed by atoms with Crippen molar-refractivity contribution in [3.8, 4) is 62.0 Å². The SMILES string of the molecule is Cn1c(-c2ccc(-c3cc4c(cc3-c3ccc(-c5ccc(C#N)cc5)cc3)C(c3ccccc3)(c3ccccc3)c3ccccc3-4)cc2)nc2ccccc21. The Hall–Kier alpha value is -7.28. The molecule has 0 bridgehead atoms.